The lowest BCUT2D eigenvalue weighted by atomic mass is 10.3. The van der Waals surface area contributed by atoms with Crippen LogP contribution in [-0.2, 0) is 14.1 Å². The van der Waals surface area contributed by atoms with Gasteiger partial charge >= 0.3 is 5.69 Å². The largest absolute Gasteiger partial charge is 0.328 e. The molecule has 0 saturated carbocycles. The second kappa shape index (κ2) is 6.35. The average molecular weight is 226 g/mol. The van der Waals surface area contributed by atoms with Gasteiger partial charge in [-0.25, -0.2) is 4.79 Å². The van der Waals surface area contributed by atoms with E-state index in [9.17, 15) is 4.79 Å². The van der Waals surface area contributed by atoms with Crippen LogP contribution < -0.4 is 5.69 Å². The standard InChI is InChI=1S/C10H14N2O.CH4S/c1-5-7-9-8(6-2)11(3)10(13)12(9)4;1-2/h5-7H,2H2,1,3-4H3;2H,1H3/b7-5-;. The molecule has 1 rings (SSSR count). The molecular formula is C11H18N2OS. The summed E-state index contributed by atoms with van der Waals surface area (Å²) in [5.41, 5.74) is 1.72. The van der Waals surface area contributed by atoms with Crippen LogP contribution in [0.25, 0.3) is 12.2 Å². The van der Waals surface area contributed by atoms with E-state index in [0.717, 1.165) is 11.4 Å². The summed E-state index contributed by atoms with van der Waals surface area (Å²) < 4.78 is 3.19. The van der Waals surface area contributed by atoms with E-state index in [0.29, 0.717) is 0 Å². The van der Waals surface area contributed by atoms with Crippen LogP contribution in [0.3, 0.4) is 0 Å². The average Bonchev–Trinajstić information content (AvgIpc) is 2.47. The quantitative estimate of drug-likeness (QED) is 0.767. The van der Waals surface area contributed by atoms with Crippen LogP contribution in [0.4, 0.5) is 0 Å². The number of rotatable bonds is 2. The van der Waals surface area contributed by atoms with Crippen molar-refractivity contribution in [2.24, 2.45) is 14.1 Å². The van der Waals surface area contributed by atoms with Gasteiger partial charge in [-0.05, 0) is 25.3 Å². The second-order valence-electron chi connectivity index (χ2n) is 2.88. The van der Waals surface area contributed by atoms with E-state index in [2.05, 4.69) is 19.2 Å². The molecule has 4 heteroatoms. The van der Waals surface area contributed by atoms with Gasteiger partial charge in [0.2, 0.25) is 0 Å². The Morgan fingerprint density at radius 3 is 2.07 bits per heavy atom. The van der Waals surface area contributed by atoms with Crippen molar-refractivity contribution in [3.05, 3.63) is 34.5 Å². The summed E-state index contributed by atoms with van der Waals surface area (Å²) in [5, 5.41) is 0. The third-order valence-electron chi connectivity index (χ3n) is 2.08. The van der Waals surface area contributed by atoms with Gasteiger partial charge in [0.1, 0.15) is 0 Å². The van der Waals surface area contributed by atoms with Gasteiger partial charge < -0.3 is 0 Å². The van der Waals surface area contributed by atoms with Crippen LogP contribution in [0.2, 0.25) is 0 Å². The molecule has 3 nitrogen and oxygen atoms in total. The predicted octanol–water partition coefficient (Wildman–Crippen LogP) is 1.95. The molecule has 0 N–H and O–H groups in total. The number of hydrogen-bond donors (Lipinski definition) is 1. The van der Waals surface area contributed by atoms with Crippen LogP contribution in [-0.4, -0.2) is 15.4 Å². The van der Waals surface area contributed by atoms with E-state index in [1.54, 1.807) is 35.6 Å². The van der Waals surface area contributed by atoms with Gasteiger partial charge in [-0.3, -0.25) is 9.13 Å². The van der Waals surface area contributed by atoms with Crippen molar-refractivity contribution in [3.63, 3.8) is 0 Å². The Labute approximate surface area is 96.1 Å². The van der Waals surface area contributed by atoms with Crippen LogP contribution >= 0.6 is 12.6 Å². The highest BCUT2D eigenvalue weighted by Crippen LogP contribution is 2.08. The van der Waals surface area contributed by atoms with Gasteiger partial charge in [-0.2, -0.15) is 12.6 Å². The van der Waals surface area contributed by atoms with Gasteiger partial charge in [0, 0.05) is 14.1 Å². The van der Waals surface area contributed by atoms with Crippen molar-refractivity contribution in [1.29, 1.82) is 0 Å². The number of aromatic nitrogens is 2. The Balaban J connectivity index is 0.000000921. The van der Waals surface area contributed by atoms with Crippen molar-refractivity contribution >= 4 is 24.8 Å². The molecule has 84 valence electrons. The number of hydrogen-bond acceptors (Lipinski definition) is 2. The summed E-state index contributed by atoms with van der Waals surface area (Å²) in [4.78, 5) is 11.5. The van der Waals surface area contributed by atoms with E-state index in [1.807, 2.05) is 19.1 Å². The highest BCUT2D eigenvalue weighted by Gasteiger charge is 2.08. The molecule has 0 aliphatic carbocycles. The summed E-state index contributed by atoms with van der Waals surface area (Å²) in [6.45, 7) is 5.60. The van der Waals surface area contributed by atoms with E-state index in [4.69, 9.17) is 0 Å². The fourth-order valence-corrected chi connectivity index (χ4v) is 1.37. The molecule has 0 amide bonds. The molecule has 0 atom stereocenters. The number of allylic oxidation sites excluding steroid dienone is 1. The minimum Gasteiger partial charge on any atom is -0.295 e. The number of nitrogens with zero attached hydrogens (tertiary/aromatic N) is 2. The Bertz CT molecular complexity index is 413. The zero-order valence-electron chi connectivity index (χ0n) is 9.69. The molecule has 0 radical (unpaired) electrons. The van der Waals surface area contributed by atoms with E-state index < -0.39 is 0 Å². The van der Waals surface area contributed by atoms with E-state index in [-0.39, 0.29) is 5.69 Å². The lowest BCUT2D eigenvalue weighted by Crippen LogP contribution is -2.20. The lowest BCUT2D eigenvalue weighted by molar-refractivity contribution is 0.770. The van der Waals surface area contributed by atoms with E-state index in [1.165, 1.54) is 0 Å². The molecule has 1 aromatic rings. The first-order valence-electron chi connectivity index (χ1n) is 4.59. The third-order valence-corrected chi connectivity index (χ3v) is 2.08. The summed E-state index contributed by atoms with van der Waals surface area (Å²) in [6, 6.07) is 0. The molecule has 0 unspecified atom stereocenters. The Morgan fingerprint density at radius 1 is 1.20 bits per heavy atom. The molecule has 0 bridgehead atoms. The van der Waals surface area contributed by atoms with Crippen LogP contribution in [0.5, 0.6) is 0 Å². The Hall–Kier alpha value is -1.16. The van der Waals surface area contributed by atoms with Gasteiger partial charge in [0.25, 0.3) is 0 Å². The highest BCUT2D eigenvalue weighted by atomic mass is 32.1. The zero-order chi connectivity index (χ0) is 12.0. The van der Waals surface area contributed by atoms with Crippen molar-refractivity contribution < 1.29 is 0 Å². The predicted molar refractivity (Wildman–Crippen MR) is 70.4 cm³/mol. The molecule has 1 aromatic heterocycles. The second-order valence-corrected chi connectivity index (χ2v) is 2.88. The van der Waals surface area contributed by atoms with Gasteiger partial charge in [-0.15, -0.1) is 0 Å². The first-order valence-corrected chi connectivity index (χ1v) is 5.48. The maximum absolute atomic E-state index is 11.5. The minimum absolute atomic E-state index is 0.0250. The van der Waals surface area contributed by atoms with Crippen LogP contribution in [0.15, 0.2) is 17.4 Å². The van der Waals surface area contributed by atoms with Gasteiger partial charge in [0.05, 0.1) is 11.4 Å². The topological polar surface area (TPSA) is 26.9 Å². The molecular weight excluding hydrogens is 208 g/mol. The van der Waals surface area contributed by atoms with Crippen molar-refractivity contribution in [2.75, 3.05) is 6.26 Å². The first-order chi connectivity index (χ1) is 7.13. The summed E-state index contributed by atoms with van der Waals surface area (Å²) in [6.07, 6.45) is 7.19. The zero-order valence-corrected chi connectivity index (χ0v) is 10.6. The molecule has 0 aromatic carbocycles. The SMILES string of the molecule is C=Cc1c(/C=C\C)n(C)c(=O)n1C.CS. The fraction of sp³-hybridized carbons (Fsp3) is 0.364. The summed E-state index contributed by atoms with van der Waals surface area (Å²) >= 11 is 3.53. The lowest BCUT2D eigenvalue weighted by Gasteiger charge is -1.95. The fourth-order valence-electron chi connectivity index (χ4n) is 1.37. The molecule has 0 spiro atoms. The number of thiol groups is 1. The van der Waals surface area contributed by atoms with Gasteiger partial charge in [-0.1, -0.05) is 12.7 Å². The molecule has 0 aliphatic heterocycles. The maximum Gasteiger partial charge on any atom is 0.328 e. The Morgan fingerprint density at radius 2 is 1.67 bits per heavy atom. The van der Waals surface area contributed by atoms with Crippen molar-refractivity contribution in [2.45, 2.75) is 6.92 Å². The van der Waals surface area contributed by atoms with E-state index >= 15 is 0 Å². The van der Waals surface area contributed by atoms with Crippen molar-refractivity contribution in [3.8, 4) is 0 Å². The minimum atomic E-state index is -0.0250. The highest BCUT2D eigenvalue weighted by molar-refractivity contribution is 7.79. The number of imidazole rings is 1. The van der Waals surface area contributed by atoms with Gasteiger partial charge in [0.15, 0.2) is 0 Å². The maximum atomic E-state index is 11.5. The normalized spacial score (nSPS) is 9.93. The smallest absolute Gasteiger partial charge is 0.295 e. The molecule has 0 fully saturated rings. The first kappa shape index (κ1) is 13.8. The summed E-state index contributed by atoms with van der Waals surface area (Å²) in [5.74, 6) is 0. The third kappa shape index (κ3) is 2.65. The van der Waals surface area contributed by atoms with Crippen LogP contribution in [0, 0.1) is 0 Å². The molecule has 15 heavy (non-hydrogen) atoms. The molecule has 1 heterocycles. The van der Waals surface area contributed by atoms with Crippen LogP contribution in [0.1, 0.15) is 18.3 Å². The molecule has 0 aliphatic rings. The molecule has 0 saturated heterocycles. The summed E-state index contributed by atoms with van der Waals surface area (Å²) in [7, 11) is 3.50. The Kier molecular flexibility index (Phi) is 5.86. The monoisotopic (exact) mass is 226 g/mol. The van der Waals surface area contributed by atoms with Crippen molar-refractivity contribution in [1.82, 2.24) is 9.13 Å².